The molecule has 4 nitrogen and oxygen atoms in total. The van der Waals surface area contributed by atoms with Crippen molar-refractivity contribution in [3.63, 3.8) is 0 Å². The summed E-state index contributed by atoms with van der Waals surface area (Å²) in [5.74, 6) is 0.811. The van der Waals surface area contributed by atoms with Crippen LogP contribution < -0.4 is 10.1 Å². The van der Waals surface area contributed by atoms with E-state index in [0.29, 0.717) is 6.42 Å². The Morgan fingerprint density at radius 1 is 1.22 bits per heavy atom. The third kappa shape index (κ3) is 4.03. The lowest BCUT2D eigenvalue weighted by atomic mass is 9.97. The minimum absolute atomic E-state index is 0.0377. The van der Waals surface area contributed by atoms with Crippen molar-refractivity contribution in [1.82, 2.24) is 10.3 Å². The minimum atomic E-state index is 0.0377. The van der Waals surface area contributed by atoms with Gasteiger partial charge >= 0.3 is 0 Å². The number of carbonyl (C=O) groups is 1. The summed E-state index contributed by atoms with van der Waals surface area (Å²) in [4.78, 5) is 18.6. The molecule has 1 amide bonds. The van der Waals surface area contributed by atoms with Crippen LogP contribution in [0.15, 0.2) is 54.6 Å². The average molecular weight is 378 g/mol. The quantitative estimate of drug-likeness (QED) is 0.708. The van der Waals surface area contributed by atoms with Gasteiger partial charge in [-0.2, -0.15) is 0 Å². The third-order valence-electron chi connectivity index (χ3n) is 4.81. The van der Waals surface area contributed by atoms with Crippen molar-refractivity contribution in [2.45, 2.75) is 31.7 Å². The number of aromatic nitrogens is 1. The fourth-order valence-corrected chi connectivity index (χ4v) is 4.68. The van der Waals surface area contributed by atoms with Crippen LogP contribution in [0.4, 0.5) is 0 Å². The number of rotatable bonds is 5. The molecule has 1 atom stereocenters. The second-order valence-corrected chi connectivity index (χ2v) is 7.77. The molecular formula is C22H22N2O2S. The Bertz CT molecular complexity index is 936. The Balaban J connectivity index is 1.49. The highest BCUT2D eigenvalue weighted by Gasteiger charge is 2.26. The van der Waals surface area contributed by atoms with Gasteiger partial charge in [0.05, 0.1) is 30.1 Å². The SMILES string of the molecule is COc1cccc(CC(=O)NC2CCCc3nc(-c4ccccc4)sc32)c1. The summed E-state index contributed by atoms with van der Waals surface area (Å²) in [7, 11) is 1.64. The first kappa shape index (κ1) is 17.7. The standard InChI is InChI=1S/C22H22N2O2S/c1-26-17-10-5-7-15(13-17)14-20(25)23-18-11-6-12-19-21(18)27-22(24-19)16-8-3-2-4-9-16/h2-5,7-10,13,18H,6,11-12,14H2,1H3,(H,23,25). The van der Waals surface area contributed by atoms with Gasteiger partial charge in [0.2, 0.25) is 5.91 Å². The van der Waals surface area contributed by atoms with Crippen molar-refractivity contribution < 1.29 is 9.53 Å². The first-order valence-electron chi connectivity index (χ1n) is 9.20. The summed E-state index contributed by atoms with van der Waals surface area (Å²) >= 11 is 1.71. The van der Waals surface area contributed by atoms with Crippen molar-refractivity contribution in [2.75, 3.05) is 7.11 Å². The molecule has 3 aromatic rings. The van der Waals surface area contributed by atoms with Crippen LogP contribution >= 0.6 is 11.3 Å². The number of hydrogen-bond donors (Lipinski definition) is 1. The molecule has 0 spiro atoms. The van der Waals surface area contributed by atoms with Crippen LogP contribution in [0.3, 0.4) is 0 Å². The zero-order valence-electron chi connectivity index (χ0n) is 15.3. The maximum atomic E-state index is 12.6. The number of thiazole rings is 1. The van der Waals surface area contributed by atoms with E-state index in [9.17, 15) is 4.79 Å². The van der Waals surface area contributed by atoms with Crippen LogP contribution in [-0.2, 0) is 17.6 Å². The van der Waals surface area contributed by atoms with Gasteiger partial charge in [-0.25, -0.2) is 4.98 Å². The van der Waals surface area contributed by atoms with Crippen LogP contribution in [0.5, 0.6) is 5.75 Å². The molecular weight excluding hydrogens is 356 g/mol. The second kappa shape index (κ2) is 7.92. The number of carbonyl (C=O) groups excluding carboxylic acids is 1. The van der Waals surface area contributed by atoms with Gasteiger partial charge in [0.25, 0.3) is 0 Å². The summed E-state index contributed by atoms with van der Waals surface area (Å²) in [6, 6.07) is 18.0. The molecule has 27 heavy (non-hydrogen) atoms. The van der Waals surface area contributed by atoms with Crippen LogP contribution in [0.25, 0.3) is 10.6 Å². The lowest BCUT2D eigenvalue weighted by Gasteiger charge is -2.22. The van der Waals surface area contributed by atoms with Crippen molar-refractivity contribution >= 4 is 17.2 Å². The Hall–Kier alpha value is -2.66. The van der Waals surface area contributed by atoms with E-state index in [4.69, 9.17) is 9.72 Å². The first-order valence-corrected chi connectivity index (χ1v) is 10.0. The number of aryl methyl sites for hydroxylation is 1. The topological polar surface area (TPSA) is 51.2 Å². The van der Waals surface area contributed by atoms with Gasteiger partial charge in [0, 0.05) is 5.56 Å². The maximum absolute atomic E-state index is 12.6. The number of benzene rings is 2. The van der Waals surface area contributed by atoms with Gasteiger partial charge in [-0.05, 0) is 37.0 Å². The Morgan fingerprint density at radius 2 is 2.07 bits per heavy atom. The number of nitrogens with one attached hydrogen (secondary N) is 1. The highest BCUT2D eigenvalue weighted by molar-refractivity contribution is 7.15. The number of methoxy groups -OCH3 is 1. The van der Waals surface area contributed by atoms with E-state index in [1.807, 2.05) is 42.5 Å². The Labute approximate surface area is 163 Å². The molecule has 0 radical (unpaired) electrons. The van der Waals surface area contributed by atoms with Gasteiger partial charge in [0.15, 0.2) is 0 Å². The van der Waals surface area contributed by atoms with Gasteiger partial charge in [-0.3, -0.25) is 4.79 Å². The molecule has 2 aromatic carbocycles. The van der Waals surface area contributed by atoms with Crippen LogP contribution in [0.1, 0.15) is 35.0 Å². The lowest BCUT2D eigenvalue weighted by molar-refractivity contribution is -0.121. The Kier molecular flexibility index (Phi) is 5.21. The first-order chi connectivity index (χ1) is 13.2. The van der Waals surface area contributed by atoms with E-state index in [-0.39, 0.29) is 11.9 Å². The lowest BCUT2D eigenvalue weighted by Crippen LogP contribution is -2.31. The molecule has 1 aliphatic carbocycles. The molecule has 1 unspecified atom stereocenters. The monoisotopic (exact) mass is 378 g/mol. The maximum Gasteiger partial charge on any atom is 0.224 e. The fourth-order valence-electron chi connectivity index (χ4n) is 3.47. The van der Waals surface area contributed by atoms with E-state index >= 15 is 0 Å². The van der Waals surface area contributed by atoms with Crippen molar-refractivity contribution in [2.24, 2.45) is 0 Å². The van der Waals surface area contributed by atoms with Crippen LogP contribution in [-0.4, -0.2) is 18.0 Å². The van der Waals surface area contributed by atoms with E-state index in [1.54, 1.807) is 18.4 Å². The molecule has 1 aliphatic rings. The fraction of sp³-hybridized carbons (Fsp3) is 0.273. The smallest absolute Gasteiger partial charge is 0.224 e. The molecule has 0 aliphatic heterocycles. The molecule has 1 N–H and O–H groups in total. The highest BCUT2D eigenvalue weighted by Crippen LogP contribution is 2.37. The highest BCUT2D eigenvalue weighted by atomic mass is 32.1. The predicted octanol–water partition coefficient (Wildman–Crippen LogP) is 4.56. The number of amides is 1. The molecule has 4 rings (SSSR count). The van der Waals surface area contributed by atoms with Gasteiger partial charge in [0.1, 0.15) is 10.8 Å². The zero-order chi connectivity index (χ0) is 18.6. The zero-order valence-corrected chi connectivity index (χ0v) is 16.1. The summed E-state index contributed by atoms with van der Waals surface area (Å²) in [5, 5.41) is 4.25. The summed E-state index contributed by atoms with van der Waals surface area (Å²) in [5.41, 5.74) is 3.23. The molecule has 0 saturated heterocycles. The van der Waals surface area contributed by atoms with Crippen molar-refractivity contribution in [1.29, 1.82) is 0 Å². The average Bonchev–Trinajstić information content (AvgIpc) is 3.14. The normalized spacial score (nSPS) is 15.8. The van der Waals surface area contributed by atoms with Crippen molar-refractivity contribution in [3.8, 4) is 16.3 Å². The van der Waals surface area contributed by atoms with E-state index in [2.05, 4.69) is 17.4 Å². The second-order valence-electron chi connectivity index (χ2n) is 6.74. The molecule has 0 fully saturated rings. The molecule has 1 aromatic heterocycles. The molecule has 1 heterocycles. The van der Waals surface area contributed by atoms with Gasteiger partial charge in [-0.15, -0.1) is 11.3 Å². The molecule has 138 valence electrons. The van der Waals surface area contributed by atoms with E-state index < -0.39 is 0 Å². The van der Waals surface area contributed by atoms with Crippen molar-refractivity contribution in [3.05, 3.63) is 70.7 Å². The van der Waals surface area contributed by atoms with Crippen LogP contribution in [0.2, 0.25) is 0 Å². The summed E-state index contributed by atoms with van der Waals surface area (Å²) in [6.07, 6.45) is 3.36. The molecule has 0 bridgehead atoms. The third-order valence-corrected chi connectivity index (χ3v) is 6.07. The molecule has 5 heteroatoms. The van der Waals surface area contributed by atoms with Gasteiger partial charge < -0.3 is 10.1 Å². The van der Waals surface area contributed by atoms with E-state index in [0.717, 1.165) is 46.8 Å². The molecule has 0 saturated carbocycles. The largest absolute Gasteiger partial charge is 0.497 e. The summed E-state index contributed by atoms with van der Waals surface area (Å²) < 4.78 is 5.24. The predicted molar refractivity (Wildman–Crippen MR) is 108 cm³/mol. The number of ether oxygens (including phenoxy) is 1. The summed E-state index contributed by atoms with van der Waals surface area (Å²) in [6.45, 7) is 0. The number of nitrogens with zero attached hydrogens (tertiary/aromatic N) is 1. The Morgan fingerprint density at radius 3 is 2.89 bits per heavy atom. The van der Waals surface area contributed by atoms with Crippen LogP contribution in [0, 0.1) is 0 Å². The van der Waals surface area contributed by atoms with E-state index in [1.165, 1.54) is 4.88 Å². The van der Waals surface area contributed by atoms with Gasteiger partial charge in [-0.1, -0.05) is 42.5 Å². The number of hydrogen-bond acceptors (Lipinski definition) is 4. The number of fused-ring (bicyclic) bond motifs is 1. The minimum Gasteiger partial charge on any atom is -0.497 e.